The molecule has 0 fully saturated rings. The molecule has 0 radical (unpaired) electrons. The minimum atomic E-state index is 0.625. The number of nitriles is 1. The molecule has 2 aromatic carbocycles. The maximum absolute atomic E-state index is 8.77. The molecule has 5 heteroatoms. The van der Waals surface area contributed by atoms with E-state index in [4.69, 9.17) is 10.00 Å². The van der Waals surface area contributed by atoms with Gasteiger partial charge in [0.15, 0.2) is 0 Å². The van der Waals surface area contributed by atoms with Gasteiger partial charge in [0.1, 0.15) is 5.75 Å². The summed E-state index contributed by atoms with van der Waals surface area (Å²) in [6.07, 6.45) is 0. The third-order valence-corrected chi connectivity index (χ3v) is 4.04. The molecular weight excluding hydrogens is 396 g/mol. The van der Waals surface area contributed by atoms with E-state index in [-0.39, 0.29) is 0 Å². The Morgan fingerprint density at radius 3 is 2.29 bits per heavy atom. The van der Waals surface area contributed by atoms with Gasteiger partial charge in [-0.3, -0.25) is 0 Å². The van der Waals surface area contributed by atoms with Crippen LogP contribution in [0.5, 0.6) is 5.75 Å². The summed E-state index contributed by atoms with van der Waals surface area (Å²) in [5, 5.41) is 12.1. The van der Waals surface area contributed by atoms with Crippen LogP contribution in [-0.4, -0.2) is 6.61 Å². The van der Waals surface area contributed by atoms with Gasteiger partial charge in [0, 0.05) is 12.2 Å². The number of halogens is 2. The molecular formula is C16H14Br2N2O. The molecule has 2 rings (SSSR count). The minimum Gasteiger partial charge on any atom is -0.492 e. The van der Waals surface area contributed by atoms with E-state index in [9.17, 15) is 0 Å². The lowest BCUT2D eigenvalue weighted by Crippen LogP contribution is -2.01. The first-order valence-corrected chi connectivity index (χ1v) is 8.07. The van der Waals surface area contributed by atoms with Crippen LogP contribution in [0, 0.1) is 11.3 Å². The highest BCUT2D eigenvalue weighted by Gasteiger charge is 2.08. The predicted molar refractivity (Wildman–Crippen MR) is 91.5 cm³/mol. The van der Waals surface area contributed by atoms with Crippen molar-refractivity contribution in [3.63, 3.8) is 0 Å². The quantitative estimate of drug-likeness (QED) is 0.747. The summed E-state index contributed by atoms with van der Waals surface area (Å²) in [4.78, 5) is 0. The molecule has 0 saturated carbocycles. The number of rotatable bonds is 5. The Morgan fingerprint density at radius 1 is 1.14 bits per heavy atom. The molecule has 108 valence electrons. The molecule has 0 aliphatic heterocycles. The van der Waals surface area contributed by atoms with E-state index in [0.717, 1.165) is 25.9 Å². The molecule has 2 aromatic rings. The van der Waals surface area contributed by atoms with Crippen molar-refractivity contribution >= 4 is 37.5 Å². The van der Waals surface area contributed by atoms with Crippen LogP contribution in [0.15, 0.2) is 45.3 Å². The maximum Gasteiger partial charge on any atom is 0.147 e. The fourth-order valence-electron chi connectivity index (χ4n) is 1.86. The minimum absolute atomic E-state index is 0.625. The summed E-state index contributed by atoms with van der Waals surface area (Å²) < 4.78 is 7.42. The van der Waals surface area contributed by atoms with E-state index in [1.807, 2.05) is 31.2 Å². The third-order valence-electron chi connectivity index (χ3n) is 2.86. The van der Waals surface area contributed by atoms with Crippen molar-refractivity contribution in [2.24, 2.45) is 0 Å². The normalized spacial score (nSPS) is 10.0. The van der Waals surface area contributed by atoms with Crippen molar-refractivity contribution < 1.29 is 4.74 Å². The summed E-state index contributed by atoms with van der Waals surface area (Å²) in [5.74, 6) is 0.819. The highest BCUT2D eigenvalue weighted by Crippen LogP contribution is 2.34. The van der Waals surface area contributed by atoms with Gasteiger partial charge in [-0.2, -0.15) is 5.26 Å². The molecule has 0 heterocycles. The maximum atomic E-state index is 8.77. The Morgan fingerprint density at radius 2 is 1.76 bits per heavy atom. The molecule has 0 saturated heterocycles. The van der Waals surface area contributed by atoms with Gasteiger partial charge >= 0.3 is 0 Å². The second-order valence-corrected chi connectivity index (χ2v) is 6.07. The van der Waals surface area contributed by atoms with Crippen molar-refractivity contribution in [1.29, 1.82) is 5.26 Å². The van der Waals surface area contributed by atoms with Gasteiger partial charge < -0.3 is 10.1 Å². The molecule has 0 amide bonds. The molecule has 1 N–H and O–H groups in total. The molecule has 0 spiro atoms. The molecule has 0 aromatic heterocycles. The van der Waals surface area contributed by atoms with Crippen LogP contribution in [0.3, 0.4) is 0 Å². The first-order chi connectivity index (χ1) is 10.1. The van der Waals surface area contributed by atoms with Gasteiger partial charge in [0.25, 0.3) is 0 Å². The fraction of sp³-hybridized carbons (Fsp3) is 0.188. The summed E-state index contributed by atoms with van der Waals surface area (Å²) in [5.41, 5.74) is 2.77. The van der Waals surface area contributed by atoms with Crippen LogP contribution in [0.1, 0.15) is 18.1 Å². The average molecular weight is 410 g/mol. The molecule has 0 aliphatic rings. The number of benzene rings is 2. The number of hydrogen-bond acceptors (Lipinski definition) is 3. The van der Waals surface area contributed by atoms with Gasteiger partial charge in [-0.05, 0) is 80.7 Å². The number of nitrogens with one attached hydrogen (secondary N) is 1. The Hall–Kier alpha value is -1.51. The summed E-state index contributed by atoms with van der Waals surface area (Å²) in [7, 11) is 0. The lowest BCUT2D eigenvalue weighted by Gasteiger charge is -2.12. The SMILES string of the molecule is CCOc1c(Br)cc(CNc2ccc(C#N)cc2)cc1Br. The Labute approximate surface area is 141 Å². The van der Waals surface area contributed by atoms with E-state index < -0.39 is 0 Å². The number of ether oxygens (including phenoxy) is 1. The second-order valence-electron chi connectivity index (χ2n) is 4.36. The van der Waals surface area contributed by atoms with Gasteiger partial charge in [0.2, 0.25) is 0 Å². The fourth-order valence-corrected chi connectivity index (χ4v) is 3.37. The van der Waals surface area contributed by atoms with E-state index in [2.05, 4.69) is 43.2 Å². The second kappa shape index (κ2) is 7.48. The van der Waals surface area contributed by atoms with Gasteiger partial charge in [-0.25, -0.2) is 0 Å². The molecule has 0 aliphatic carbocycles. The van der Waals surface area contributed by atoms with Crippen LogP contribution in [0.25, 0.3) is 0 Å². The number of hydrogen-bond donors (Lipinski definition) is 1. The monoisotopic (exact) mass is 408 g/mol. The van der Waals surface area contributed by atoms with Crippen LogP contribution in [0.4, 0.5) is 5.69 Å². The Kier molecular flexibility index (Phi) is 5.66. The first kappa shape index (κ1) is 15.9. The highest BCUT2D eigenvalue weighted by molar-refractivity contribution is 9.11. The van der Waals surface area contributed by atoms with Gasteiger partial charge in [-0.15, -0.1) is 0 Å². The van der Waals surface area contributed by atoms with E-state index in [1.54, 1.807) is 12.1 Å². The van der Waals surface area contributed by atoms with Gasteiger partial charge in [-0.1, -0.05) is 0 Å². The molecule has 0 atom stereocenters. The van der Waals surface area contributed by atoms with E-state index in [1.165, 1.54) is 0 Å². The third kappa shape index (κ3) is 4.23. The van der Waals surface area contributed by atoms with E-state index >= 15 is 0 Å². The largest absolute Gasteiger partial charge is 0.492 e. The van der Waals surface area contributed by atoms with Gasteiger partial charge in [0.05, 0.1) is 27.2 Å². The Balaban J connectivity index is 2.08. The molecule has 0 bridgehead atoms. The smallest absolute Gasteiger partial charge is 0.147 e. The first-order valence-electron chi connectivity index (χ1n) is 6.48. The summed E-state index contributed by atoms with van der Waals surface area (Å²) in [6.45, 7) is 3.27. The van der Waals surface area contributed by atoms with Crippen molar-refractivity contribution in [1.82, 2.24) is 0 Å². The van der Waals surface area contributed by atoms with Crippen LogP contribution in [-0.2, 0) is 6.54 Å². The lowest BCUT2D eigenvalue weighted by molar-refractivity contribution is 0.336. The molecule has 0 unspecified atom stereocenters. The van der Waals surface area contributed by atoms with E-state index in [0.29, 0.717) is 18.7 Å². The van der Waals surface area contributed by atoms with Crippen molar-refractivity contribution in [3.8, 4) is 11.8 Å². The zero-order chi connectivity index (χ0) is 15.2. The van der Waals surface area contributed by atoms with Crippen molar-refractivity contribution in [3.05, 3.63) is 56.5 Å². The van der Waals surface area contributed by atoms with Crippen molar-refractivity contribution in [2.45, 2.75) is 13.5 Å². The summed E-state index contributed by atoms with van der Waals surface area (Å²) >= 11 is 7.05. The zero-order valence-electron chi connectivity index (χ0n) is 11.5. The molecule has 3 nitrogen and oxygen atoms in total. The van der Waals surface area contributed by atoms with Crippen LogP contribution < -0.4 is 10.1 Å². The average Bonchev–Trinajstić information content (AvgIpc) is 2.49. The standard InChI is InChI=1S/C16H14Br2N2O/c1-2-21-16-14(17)7-12(8-15(16)18)10-20-13-5-3-11(9-19)4-6-13/h3-8,20H,2,10H2,1H3. The lowest BCUT2D eigenvalue weighted by atomic mass is 10.2. The van der Waals surface area contributed by atoms with Crippen LogP contribution in [0.2, 0.25) is 0 Å². The predicted octanol–water partition coefficient (Wildman–Crippen LogP) is 5.09. The summed E-state index contributed by atoms with van der Waals surface area (Å²) in [6, 6.07) is 13.6. The molecule has 21 heavy (non-hydrogen) atoms. The van der Waals surface area contributed by atoms with Crippen molar-refractivity contribution in [2.75, 3.05) is 11.9 Å². The zero-order valence-corrected chi connectivity index (χ0v) is 14.7. The Bertz CT molecular complexity index is 640. The topological polar surface area (TPSA) is 45.0 Å². The van der Waals surface area contributed by atoms with Crippen LogP contribution >= 0.6 is 31.9 Å². The number of nitrogens with zero attached hydrogens (tertiary/aromatic N) is 1. The highest BCUT2D eigenvalue weighted by atomic mass is 79.9. The number of anilines is 1.